The van der Waals surface area contributed by atoms with Crippen LogP contribution in [0.1, 0.15) is 25.1 Å². The molecule has 8 heteroatoms. The molecule has 1 aliphatic rings. The molecule has 0 spiro atoms. The molecule has 0 N–H and O–H groups in total. The maximum atomic E-state index is 13.9. The number of nitrogens with zero attached hydrogens (tertiary/aromatic N) is 4. The zero-order valence-corrected chi connectivity index (χ0v) is 12.0. The second-order valence-electron chi connectivity index (χ2n) is 4.83. The zero-order valence-electron chi connectivity index (χ0n) is 11.2. The van der Waals surface area contributed by atoms with Crippen LogP contribution in [0.25, 0.3) is 0 Å². The molecule has 2 aromatic rings. The number of aryl methyl sites for hydroxylation is 1. The number of benzene rings is 1. The highest BCUT2D eigenvalue weighted by molar-refractivity contribution is 7.99. The van der Waals surface area contributed by atoms with Gasteiger partial charge >= 0.3 is 0 Å². The van der Waals surface area contributed by atoms with Crippen molar-refractivity contribution in [2.45, 2.75) is 42.3 Å². The van der Waals surface area contributed by atoms with Gasteiger partial charge in [-0.3, -0.25) is 10.1 Å². The third-order valence-corrected chi connectivity index (χ3v) is 4.44. The van der Waals surface area contributed by atoms with E-state index in [1.165, 1.54) is 12.1 Å². The van der Waals surface area contributed by atoms with Gasteiger partial charge in [0.2, 0.25) is 0 Å². The highest BCUT2D eigenvalue weighted by Crippen LogP contribution is 2.32. The van der Waals surface area contributed by atoms with Gasteiger partial charge in [-0.15, -0.1) is 10.2 Å². The Hall–Kier alpha value is -1.96. The van der Waals surface area contributed by atoms with Gasteiger partial charge in [0.25, 0.3) is 5.69 Å². The minimum Gasteiger partial charge on any atom is -0.306 e. The predicted molar refractivity (Wildman–Crippen MR) is 74.8 cm³/mol. The second-order valence-corrected chi connectivity index (χ2v) is 5.84. The number of fused-ring (bicyclic) bond motifs is 1. The highest BCUT2D eigenvalue weighted by atomic mass is 32.2. The average molecular weight is 308 g/mol. The van der Waals surface area contributed by atoms with E-state index in [9.17, 15) is 14.5 Å². The first-order valence-corrected chi connectivity index (χ1v) is 7.50. The van der Waals surface area contributed by atoms with Gasteiger partial charge in [-0.1, -0.05) is 6.42 Å². The molecule has 21 heavy (non-hydrogen) atoms. The molecule has 0 radical (unpaired) electrons. The van der Waals surface area contributed by atoms with Crippen LogP contribution in [0.3, 0.4) is 0 Å². The van der Waals surface area contributed by atoms with Crippen LogP contribution in [-0.2, 0) is 13.0 Å². The summed E-state index contributed by atoms with van der Waals surface area (Å²) >= 11 is 1.16. The van der Waals surface area contributed by atoms with Crippen molar-refractivity contribution in [3.8, 4) is 0 Å². The Bertz CT molecular complexity index is 689. The Balaban J connectivity index is 1.87. The van der Waals surface area contributed by atoms with Crippen LogP contribution in [0.4, 0.5) is 10.1 Å². The summed E-state index contributed by atoms with van der Waals surface area (Å²) in [6.45, 7) is 0.833. The van der Waals surface area contributed by atoms with E-state index in [0.717, 1.165) is 55.9 Å². The van der Waals surface area contributed by atoms with Crippen LogP contribution in [0, 0.1) is 15.9 Å². The molecule has 0 bridgehead atoms. The SMILES string of the molecule is O=[N+]([O-])c1ccc(Sc2nnc3n2CCCCC3)c(F)c1. The third kappa shape index (κ3) is 2.90. The molecule has 0 aliphatic carbocycles. The molecular weight excluding hydrogens is 295 g/mol. The van der Waals surface area contributed by atoms with Gasteiger partial charge in [0, 0.05) is 19.0 Å². The number of aromatic nitrogens is 3. The van der Waals surface area contributed by atoms with Crippen LogP contribution in [-0.4, -0.2) is 19.7 Å². The number of hydrogen-bond acceptors (Lipinski definition) is 5. The fourth-order valence-corrected chi connectivity index (χ4v) is 3.20. The number of halogens is 1. The van der Waals surface area contributed by atoms with Crippen molar-refractivity contribution in [3.05, 3.63) is 40.0 Å². The van der Waals surface area contributed by atoms with Gasteiger partial charge in [-0.2, -0.15) is 0 Å². The van der Waals surface area contributed by atoms with E-state index in [1.54, 1.807) is 0 Å². The van der Waals surface area contributed by atoms with Gasteiger partial charge in [0.15, 0.2) is 5.16 Å². The van der Waals surface area contributed by atoms with Crippen LogP contribution in [0.5, 0.6) is 0 Å². The first-order valence-electron chi connectivity index (χ1n) is 6.69. The number of rotatable bonds is 3. The first kappa shape index (κ1) is 14.0. The largest absolute Gasteiger partial charge is 0.306 e. The molecule has 3 rings (SSSR count). The lowest BCUT2D eigenvalue weighted by Crippen LogP contribution is -2.02. The molecule has 0 fully saturated rings. The fourth-order valence-electron chi connectivity index (χ4n) is 2.32. The van der Waals surface area contributed by atoms with Crippen molar-refractivity contribution in [2.24, 2.45) is 0 Å². The lowest BCUT2D eigenvalue weighted by Gasteiger charge is -2.06. The Morgan fingerprint density at radius 2 is 2.14 bits per heavy atom. The Kier molecular flexibility index (Phi) is 3.87. The number of nitro groups is 1. The van der Waals surface area contributed by atoms with E-state index in [1.807, 2.05) is 4.57 Å². The minimum absolute atomic E-state index is 0.253. The first-order chi connectivity index (χ1) is 10.1. The van der Waals surface area contributed by atoms with Gasteiger partial charge in [-0.25, -0.2) is 4.39 Å². The molecule has 110 valence electrons. The molecule has 0 atom stereocenters. The summed E-state index contributed by atoms with van der Waals surface area (Å²) in [4.78, 5) is 10.3. The number of nitro benzene ring substituents is 1. The summed E-state index contributed by atoms with van der Waals surface area (Å²) in [5, 5.41) is 19.5. The lowest BCUT2D eigenvalue weighted by molar-refractivity contribution is -0.385. The summed E-state index contributed by atoms with van der Waals surface area (Å²) in [6, 6.07) is 3.64. The van der Waals surface area contributed by atoms with Gasteiger partial charge < -0.3 is 4.57 Å². The van der Waals surface area contributed by atoms with Crippen molar-refractivity contribution in [3.63, 3.8) is 0 Å². The zero-order chi connectivity index (χ0) is 14.8. The molecule has 0 saturated heterocycles. The predicted octanol–water partition coefficient (Wildman–Crippen LogP) is 3.20. The minimum atomic E-state index is -0.611. The molecule has 0 unspecified atom stereocenters. The summed E-state index contributed by atoms with van der Waals surface area (Å²) in [7, 11) is 0. The van der Waals surface area contributed by atoms with Gasteiger partial charge in [0.1, 0.15) is 11.6 Å². The quantitative estimate of drug-likeness (QED) is 0.643. The molecule has 1 aromatic heterocycles. The Labute approximate surface area is 124 Å². The molecule has 1 aromatic carbocycles. The molecule has 6 nitrogen and oxygen atoms in total. The van der Waals surface area contributed by atoms with Crippen molar-refractivity contribution in [1.82, 2.24) is 14.8 Å². The molecule has 0 saturated carbocycles. The van der Waals surface area contributed by atoms with Crippen molar-refractivity contribution in [2.75, 3.05) is 0 Å². The Morgan fingerprint density at radius 3 is 2.90 bits per heavy atom. The van der Waals surface area contributed by atoms with Gasteiger partial charge in [-0.05, 0) is 30.7 Å². The summed E-state index contributed by atoms with van der Waals surface area (Å²) in [5.41, 5.74) is -0.253. The maximum Gasteiger partial charge on any atom is 0.272 e. The van der Waals surface area contributed by atoms with E-state index < -0.39 is 10.7 Å². The monoisotopic (exact) mass is 308 g/mol. The second kappa shape index (κ2) is 5.80. The molecular formula is C13H13FN4O2S. The van der Waals surface area contributed by atoms with Crippen molar-refractivity contribution >= 4 is 17.4 Å². The van der Waals surface area contributed by atoms with E-state index >= 15 is 0 Å². The van der Waals surface area contributed by atoms with Crippen molar-refractivity contribution in [1.29, 1.82) is 0 Å². The average Bonchev–Trinajstić information content (AvgIpc) is 2.69. The number of non-ortho nitro benzene ring substituents is 1. The molecule has 0 amide bonds. The summed E-state index contributed by atoms with van der Waals surface area (Å²) < 4.78 is 15.9. The van der Waals surface area contributed by atoms with E-state index in [0.29, 0.717) is 10.1 Å². The standard InChI is InChI=1S/C13H13FN4O2S/c14-10-8-9(18(19)20)5-6-11(10)21-13-16-15-12-4-2-1-3-7-17(12)13/h5-6,8H,1-4,7H2. The highest BCUT2D eigenvalue weighted by Gasteiger charge is 2.18. The maximum absolute atomic E-state index is 13.9. The van der Waals surface area contributed by atoms with Crippen LogP contribution in [0.15, 0.2) is 28.3 Å². The number of hydrogen-bond donors (Lipinski definition) is 0. The molecule has 1 aliphatic heterocycles. The van der Waals surface area contributed by atoms with Gasteiger partial charge in [0.05, 0.1) is 15.9 Å². The molecule has 2 heterocycles. The summed E-state index contributed by atoms with van der Waals surface area (Å²) in [6.07, 6.45) is 4.19. The topological polar surface area (TPSA) is 73.8 Å². The van der Waals surface area contributed by atoms with E-state index in [2.05, 4.69) is 10.2 Å². The summed E-state index contributed by atoms with van der Waals surface area (Å²) in [5.74, 6) is 0.317. The van der Waals surface area contributed by atoms with Crippen molar-refractivity contribution < 1.29 is 9.31 Å². The Morgan fingerprint density at radius 1 is 1.29 bits per heavy atom. The van der Waals surface area contributed by atoms with E-state index in [-0.39, 0.29) is 5.69 Å². The normalized spacial score (nSPS) is 14.5. The van der Waals surface area contributed by atoms with Crippen LogP contribution in [0.2, 0.25) is 0 Å². The third-order valence-electron chi connectivity index (χ3n) is 3.40. The smallest absolute Gasteiger partial charge is 0.272 e. The lowest BCUT2D eigenvalue weighted by atomic mass is 10.2. The fraction of sp³-hybridized carbons (Fsp3) is 0.385. The van der Waals surface area contributed by atoms with Crippen LogP contribution < -0.4 is 0 Å². The van der Waals surface area contributed by atoms with E-state index in [4.69, 9.17) is 0 Å². The van der Waals surface area contributed by atoms with Crippen LogP contribution >= 0.6 is 11.8 Å².